The first kappa shape index (κ1) is 16.3. The number of aryl methyl sites for hydroxylation is 1. The Bertz CT molecular complexity index is 609. The van der Waals surface area contributed by atoms with Crippen LogP contribution in [0.25, 0.3) is 0 Å². The molecule has 0 saturated heterocycles. The summed E-state index contributed by atoms with van der Waals surface area (Å²) in [5.41, 5.74) is 1.53. The minimum absolute atomic E-state index is 0.222. The van der Waals surface area contributed by atoms with Gasteiger partial charge in [-0.1, -0.05) is 57.4 Å². The van der Waals surface area contributed by atoms with Crippen LogP contribution in [0.4, 0.5) is 4.79 Å². The number of nitrogens with zero attached hydrogens (tertiary/aromatic N) is 6. The standard InChI is InChI=1S/C15H24N6O/c1-5-6-7-8-9-12-13(15(2,3)4)21(19-17-12)14(22)20-11-10-16-18-20/h10-11H,5-9H2,1-4H3. The summed E-state index contributed by atoms with van der Waals surface area (Å²) in [5, 5.41) is 15.7. The largest absolute Gasteiger partial charge is 0.372 e. The van der Waals surface area contributed by atoms with E-state index in [0.717, 1.165) is 24.2 Å². The Kier molecular flexibility index (Phi) is 5.05. The topological polar surface area (TPSA) is 78.5 Å². The molecule has 0 saturated carbocycles. The molecule has 2 aromatic rings. The van der Waals surface area contributed by atoms with E-state index in [4.69, 9.17) is 0 Å². The van der Waals surface area contributed by atoms with Gasteiger partial charge in [-0.05, 0) is 12.8 Å². The molecular formula is C15H24N6O. The summed E-state index contributed by atoms with van der Waals surface area (Å²) in [6.07, 6.45) is 8.48. The molecule has 2 heterocycles. The Morgan fingerprint density at radius 2 is 1.95 bits per heavy atom. The van der Waals surface area contributed by atoms with Crippen molar-refractivity contribution in [3.8, 4) is 0 Å². The fourth-order valence-corrected chi connectivity index (χ4v) is 2.49. The van der Waals surface area contributed by atoms with Crippen molar-refractivity contribution >= 4 is 6.03 Å². The molecule has 0 atom stereocenters. The van der Waals surface area contributed by atoms with E-state index >= 15 is 0 Å². The average Bonchev–Trinajstić information content (AvgIpc) is 3.11. The number of carbonyl (C=O) groups excluding carboxylic acids is 1. The van der Waals surface area contributed by atoms with E-state index in [0.29, 0.717) is 0 Å². The number of unbranched alkanes of at least 4 members (excludes halogenated alkanes) is 3. The van der Waals surface area contributed by atoms with Crippen LogP contribution >= 0.6 is 0 Å². The first-order chi connectivity index (χ1) is 10.4. The molecule has 0 aliphatic rings. The molecule has 0 N–H and O–H groups in total. The van der Waals surface area contributed by atoms with Crippen LogP contribution in [-0.4, -0.2) is 36.0 Å². The second-order valence-electron chi connectivity index (χ2n) is 6.49. The highest BCUT2D eigenvalue weighted by molar-refractivity contribution is 5.78. The zero-order chi connectivity index (χ0) is 16.2. The van der Waals surface area contributed by atoms with Gasteiger partial charge in [0.25, 0.3) is 0 Å². The lowest BCUT2D eigenvalue weighted by Gasteiger charge is -2.20. The molecule has 0 aromatic carbocycles. The molecule has 0 radical (unpaired) electrons. The van der Waals surface area contributed by atoms with Gasteiger partial charge in [0.05, 0.1) is 23.8 Å². The van der Waals surface area contributed by atoms with Crippen molar-refractivity contribution < 1.29 is 4.79 Å². The highest BCUT2D eigenvalue weighted by Gasteiger charge is 2.28. The summed E-state index contributed by atoms with van der Waals surface area (Å²) in [6.45, 7) is 8.37. The summed E-state index contributed by atoms with van der Waals surface area (Å²) in [5.74, 6) is 0. The third-order valence-electron chi connectivity index (χ3n) is 3.52. The molecule has 7 heteroatoms. The molecule has 0 aliphatic carbocycles. The first-order valence-electron chi connectivity index (χ1n) is 7.81. The summed E-state index contributed by atoms with van der Waals surface area (Å²) < 4.78 is 2.52. The second kappa shape index (κ2) is 6.81. The van der Waals surface area contributed by atoms with Crippen LogP contribution < -0.4 is 0 Å². The van der Waals surface area contributed by atoms with Gasteiger partial charge >= 0.3 is 6.03 Å². The predicted molar refractivity (Wildman–Crippen MR) is 82.8 cm³/mol. The van der Waals surface area contributed by atoms with Gasteiger partial charge in [-0.2, -0.15) is 9.36 Å². The van der Waals surface area contributed by atoms with E-state index in [-0.39, 0.29) is 11.4 Å². The van der Waals surface area contributed by atoms with Crippen molar-refractivity contribution in [2.75, 3.05) is 0 Å². The molecule has 0 aliphatic heterocycles. The highest BCUT2D eigenvalue weighted by atomic mass is 16.2. The van der Waals surface area contributed by atoms with Gasteiger partial charge < -0.3 is 0 Å². The Morgan fingerprint density at radius 1 is 1.18 bits per heavy atom. The third-order valence-corrected chi connectivity index (χ3v) is 3.52. The lowest BCUT2D eigenvalue weighted by atomic mass is 9.89. The maximum atomic E-state index is 12.5. The Hall–Kier alpha value is -2.05. The fourth-order valence-electron chi connectivity index (χ4n) is 2.49. The van der Waals surface area contributed by atoms with Crippen molar-refractivity contribution in [2.45, 2.75) is 65.2 Å². The minimum atomic E-state index is -0.352. The molecule has 120 valence electrons. The first-order valence-corrected chi connectivity index (χ1v) is 7.81. The highest BCUT2D eigenvalue weighted by Crippen LogP contribution is 2.26. The predicted octanol–water partition coefficient (Wildman–Crippen LogP) is 2.81. The second-order valence-corrected chi connectivity index (χ2v) is 6.49. The van der Waals surface area contributed by atoms with E-state index < -0.39 is 0 Å². The molecular weight excluding hydrogens is 280 g/mol. The maximum absolute atomic E-state index is 12.5. The van der Waals surface area contributed by atoms with Crippen molar-refractivity contribution in [1.82, 2.24) is 30.0 Å². The molecule has 7 nitrogen and oxygen atoms in total. The van der Waals surface area contributed by atoms with Gasteiger partial charge in [0.2, 0.25) is 0 Å². The Morgan fingerprint density at radius 3 is 2.55 bits per heavy atom. The lowest BCUT2D eigenvalue weighted by Crippen LogP contribution is -2.28. The number of carbonyl (C=O) groups is 1. The van der Waals surface area contributed by atoms with Gasteiger partial charge in [-0.3, -0.25) is 0 Å². The van der Waals surface area contributed by atoms with E-state index in [9.17, 15) is 4.79 Å². The number of hydrogen-bond acceptors (Lipinski definition) is 5. The van der Waals surface area contributed by atoms with E-state index in [1.54, 1.807) is 0 Å². The van der Waals surface area contributed by atoms with E-state index in [2.05, 4.69) is 48.3 Å². The van der Waals surface area contributed by atoms with Crippen LogP contribution in [0, 0.1) is 0 Å². The van der Waals surface area contributed by atoms with Crippen molar-refractivity contribution in [3.05, 3.63) is 23.8 Å². The SMILES string of the molecule is CCCCCCc1nnn(C(=O)n2ccnn2)c1C(C)(C)C. The summed E-state index contributed by atoms with van der Waals surface area (Å²) >= 11 is 0. The zero-order valence-electron chi connectivity index (χ0n) is 13.8. The Balaban J connectivity index is 2.27. The lowest BCUT2D eigenvalue weighted by molar-refractivity contribution is 0.235. The van der Waals surface area contributed by atoms with Crippen molar-refractivity contribution in [3.63, 3.8) is 0 Å². The molecule has 0 unspecified atom stereocenters. The van der Waals surface area contributed by atoms with Crippen molar-refractivity contribution in [2.24, 2.45) is 0 Å². The van der Waals surface area contributed by atoms with Crippen LogP contribution in [0.3, 0.4) is 0 Å². The number of hydrogen-bond donors (Lipinski definition) is 0. The fraction of sp³-hybridized carbons (Fsp3) is 0.667. The third kappa shape index (κ3) is 3.58. The minimum Gasteiger partial charge on any atom is -0.243 e. The molecule has 22 heavy (non-hydrogen) atoms. The average molecular weight is 304 g/mol. The molecule has 0 fully saturated rings. The number of rotatable bonds is 5. The summed E-state index contributed by atoms with van der Waals surface area (Å²) in [4.78, 5) is 12.5. The zero-order valence-corrected chi connectivity index (χ0v) is 13.8. The molecule has 0 bridgehead atoms. The molecule has 2 aromatic heterocycles. The van der Waals surface area contributed by atoms with Gasteiger partial charge in [-0.25, -0.2) is 4.79 Å². The summed E-state index contributed by atoms with van der Waals surface area (Å²) in [7, 11) is 0. The maximum Gasteiger partial charge on any atom is 0.372 e. The van der Waals surface area contributed by atoms with Gasteiger partial charge in [0.15, 0.2) is 0 Å². The normalized spacial score (nSPS) is 11.8. The molecule has 2 rings (SSSR count). The van der Waals surface area contributed by atoms with E-state index in [1.165, 1.54) is 41.0 Å². The van der Waals surface area contributed by atoms with Crippen LogP contribution in [0.5, 0.6) is 0 Å². The van der Waals surface area contributed by atoms with Gasteiger partial charge in [0, 0.05) is 5.41 Å². The van der Waals surface area contributed by atoms with Crippen LogP contribution in [0.2, 0.25) is 0 Å². The molecule has 0 spiro atoms. The van der Waals surface area contributed by atoms with Crippen LogP contribution in [0.1, 0.15) is 64.8 Å². The van der Waals surface area contributed by atoms with Gasteiger partial charge in [-0.15, -0.1) is 10.2 Å². The number of aromatic nitrogens is 6. The Labute approximate surface area is 130 Å². The monoisotopic (exact) mass is 304 g/mol. The molecule has 0 amide bonds. The van der Waals surface area contributed by atoms with Crippen LogP contribution in [-0.2, 0) is 11.8 Å². The van der Waals surface area contributed by atoms with E-state index in [1.807, 2.05) is 0 Å². The quantitative estimate of drug-likeness (QED) is 0.794. The van der Waals surface area contributed by atoms with Crippen LogP contribution in [0.15, 0.2) is 12.4 Å². The summed E-state index contributed by atoms with van der Waals surface area (Å²) in [6, 6.07) is -0.352. The van der Waals surface area contributed by atoms with Crippen molar-refractivity contribution in [1.29, 1.82) is 0 Å². The van der Waals surface area contributed by atoms with Gasteiger partial charge in [0.1, 0.15) is 0 Å². The smallest absolute Gasteiger partial charge is 0.243 e.